The molecule has 4 nitrogen and oxygen atoms in total. The van der Waals surface area contributed by atoms with Crippen molar-refractivity contribution in [2.24, 2.45) is 0 Å². The molecule has 0 radical (unpaired) electrons. The zero-order valence-corrected chi connectivity index (χ0v) is 17.4. The van der Waals surface area contributed by atoms with Crippen molar-refractivity contribution in [3.8, 4) is 11.1 Å². The molecule has 3 aromatic rings. The number of aryl methyl sites for hydroxylation is 3. The van der Waals surface area contributed by atoms with Gasteiger partial charge in [0.1, 0.15) is 10.6 Å². The predicted octanol–water partition coefficient (Wildman–Crippen LogP) is 5.64. The van der Waals surface area contributed by atoms with E-state index >= 15 is 0 Å². The summed E-state index contributed by atoms with van der Waals surface area (Å²) in [5, 5.41) is 5.33. The summed E-state index contributed by atoms with van der Waals surface area (Å²) in [4.78, 5) is 25.3. The Labute approximate surface area is 174 Å². The number of hydrogen-bond donors (Lipinski definition) is 1. The van der Waals surface area contributed by atoms with E-state index in [0.717, 1.165) is 29.5 Å². The van der Waals surface area contributed by atoms with Gasteiger partial charge in [0.15, 0.2) is 0 Å². The molecule has 4 rings (SSSR count). The number of amides is 1. The Morgan fingerprint density at radius 2 is 1.83 bits per heavy atom. The highest BCUT2D eigenvalue weighted by Gasteiger charge is 2.23. The molecule has 0 spiro atoms. The van der Waals surface area contributed by atoms with Gasteiger partial charge >= 0.3 is 5.97 Å². The van der Waals surface area contributed by atoms with Crippen LogP contribution in [-0.2, 0) is 17.6 Å². The van der Waals surface area contributed by atoms with E-state index in [1.54, 1.807) is 6.07 Å². The van der Waals surface area contributed by atoms with E-state index in [4.69, 9.17) is 4.74 Å². The molecular formula is C24H23NO3S. The quantitative estimate of drug-likeness (QED) is 0.572. The SMILES string of the molecule is COC(=O)c1c(-c2ccc3c(c2)CCCC3)csc1NC(=O)c1cccc(C)c1. The van der Waals surface area contributed by atoms with Crippen LogP contribution >= 0.6 is 11.3 Å². The number of anilines is 1. The summed E-state index contributed by atoms with van der Waals surface area (Å²) in [5.74, 6) is -0.684. The second kappa shape index (κ2) is 8.21. The summed E-state index contributed by atoms with van der Waals surface area (Å²) in [5.41, 5.74) is 6.50. The average molecular weight is 406 g/mol. The number of nitrogens with one attached hydrogen (secondary N) is 1. The second-order valence-electron chi connectivity index (χ2n) is 7.36. The Balaban J connectivity index is 1.70. The topological polar surface area (TPSA) is 55.4 Å². The van der Waals surface area contributed by atoms with Crippen molar-refractivity contribution in [2.45, 2.75) is 32.6 Å². The molecule has 2 aromatic carbocycles. The van der Waals surface area contributed by atoms with Crippen LogP contribution in [0.5, 0.6) is 0 Å². The molecule has 1 N–H and O–H groups in total. The molecule has 1 heterocycles. The van der Waals surface area contributed by atoms with E-state index in [1.165, 1.54) is 42.4 Å². The van der Waals surface area contributed by atoms with E-state index in [0.29, 0.717) is 16.1 Å². The zero-order chi connectivity index (χ0) is 20.4. The number of hydrogen-bond acceptors (Lipinski definition) is 4. The minimum Gasteiger partial charge on any atom is -0.465 e. The number of esters is 1. The molecule has 0 fully saturated rings. The van der Waals surface area contributed by atoms with E-state index in [2.05, 4.69) is 23.5 Å². The fourth-order valence-electron chi connectivity index (χ4n) is 3.83. The monoisotopic (exact) mass is 405 g/mol. The normalized spacial score (nSPS) is 12.9. The van der Waals surface area contributed by atoms with Crippen LogP contribution < -0.4 is 5.32 Å². The molecule has 0 saturated heterocycles. The summed E-state index contributed by atoms with van der Waals surface area (Å²) < 4.78 is 5.03. The van der Waals surface area contributed by atoms with Gasteiger partial charge in [0, 0.05) is 16.5 Å². The van der Waals surface area contributed by atoms with E-state index in [1.807, 2.05) is 30.5 Å². The number of methoxy groups -OCH3 is 1. The Morgan fingerprint density at radius 1 is 1.03 bits per heavy atom. The molecular weight excluding hydrogens is 382 g/mol. The van der Waals surface area contributed by atoms with Crippen LogP contribution in [0.1, 0.15) is 50.2 Å². The molecule has 5 heteroatoms. The minimum absolute atomic E-state index is 0.238. The van der Waals surface area contributed by atoms with Crippen molar-refractivity contribution in [1.29, 1.82) is 0 Å². The van der Waals surface area contributed by atoms with Crippen LogP contribution in [0.15, 0.2) is 47.8 Å². The first-order chi connectivity index (χ1) is 14.1. The number of thiophene rings is 1. The number of benzene rings is 2. The van der Waals surface area contributed by atoms with E-state index < -0.39 is 5.97 Å². The Hall–Kier alpha value is -2.92. The van der Waals surface area contributed by atoms with Gasteiger partial charge in [0.05, 0.1) is 7.11 Å². The maximum atomic E-state index is 12.7. The molecule has 1 aliphatic rings. The van der Waals surface area contributed by atoms with E-state index in [-0.39, 0.29) is 5.91 Å². The third-order valence-corrected chi connectivity index (χ3v) is 6.24. The lowest BCUT2D eigenvalue weighted by molar-refractivity contribution is 0.0603. The first-order valence-corrected chi connectivity index (χ1v) is 10.6. The smallest absolute Gasteiger partial charge is 0.341 e. The summed E-state index contributed by atoms with van der Waals surface area (Å²) in [6, 6.07) is 13.8. The molecule has 1 aliphatic carbocycles. The van der Waals surface area contributed by atoms with Crippen LogP contribution in [0.2, 0.25) is 0 Å². The molecule has 1 aromatic heterocycles. The third kappa shape index (κ3) is 3.96. The first-order valence-electron chi connectivity index (χ1n) is 9.77. The molecule has 0 saturated carbocycles. The Morgan fingerprint density at radius 3 is 2.59 bits per heavy atom. The summed E-state index contributed by atoms with van der Waals surface area (Å²) in [7, 11) is 1.36. The number of carbonyl (C=O) groups excluding carboxylic acids is 2. The van der Waals surface area contributed by atoms with Crippen LogP contribution in [0.25, 0.3) is 11.1 Å². The fraction of sp³-hybridized carbons (Fsp3) is 0.250. The van der Waals surface area contributed by atoms with Gasteiger partial charge in [-0.3, -0.25) is 4.79 Å². The lowest BCUT2D eigenvalue weighted by atomic mass is 9.89. The van der Waals surface area contributed by atoms with Crippen molar-refractivity contribution < 1.29 is 14.3 Å². The van der Waals surface area contributed by atoms with Crippen molar-refractivity contribution >= 4 is 28.2 Å². The first kappa shape index (κ1) is 19.4. The lowest BCUT2D eigenvalue weighted by Crippen LogP contribution is -2.14. The van der Waals surface area contributed by atoms with Gasteiger partial charge in [-0.25, -0.2) is 4.79 Å². The predicted molar refractivity (Wildman–Crippen MR) is 117 cm³/mol. The minimum atomic E-state index is -0.446. The number of carbonyl (C=O) groups is 2. The van der Waals surface area contributed by atoms with Crippen LogP contribution in [0, 0.1) is 6.92 Å². The second-order valence-corrected chi connectivity index (χ2v) is 8.24. The molecule has 0 unspecified atom stereocenters. The maximum absolute atomic E-state index is 12.7. The van der Waals surface area contributed by atoms with Crippen molar-refractivity contribution in [2.75, 3.05) is 12.4 Å². The average Bonchev–Trinajstić information content (AvgIpc) is 3.16. The standard InChI is InChI=1S/C24H23NO3S/c1-15-6-5-9-19(12-15)22(26)25-23-21(24(27)28-2)20(14-29-23)18-11-10-16-7-3-4-8-17(16)13-18/h5-6,9-14H,3-4,7-8H2,1-2H3,(H,25,26). The number of ether oxygens (including phenoxy) is 1. The molecule has 0 bridgehead atoms. The van der Waals surface area contributed by atoms with E-state index in [9.17, 15) is 9.59 Å². The van der Waals surface area contributed by atoms with Crippen LogP contribution in [0.4, 0.5) is 5.00 Å². The van der Waals surface area contributed by atoms with Gasteiger partial charge in [-0.1, -0.05) is 35.9 Å². The van der Waals surface area contributed by atoms with Crippen molar-refractivity contribution in [3.05, 3.63) is 75.7 Å². The summed E-state index contributed by atoms with van der Waals surface area (Å²) in [6.45, 7) is 1.94. The zero-order valence-electron chi connectivity index (χ0n) is 16.6. The third-order valence-electron chi connectivity index (χ3n) is 5.35. The van der Waals surface area contributed by atoms with Gasteiger partial charge in [-0.2, -0.15) is 0 Å². The number of fused-ring (bicyclic) bond motifs is 1. The van der Waals surface area contributed by atoms with Crippen molar-refractivity contribution in [1.82, 2.24) is 0 Å². The fourth-order valence-corrected chi connectivity index (χ4v) is 4.78. The molecule has 0 atom stereocenters. The highest BCUT2D eigenvalue weighted by atomic mass is 32.1. The molecule has 0 aliphatic heterocycles. The molecule has 1 amide bonds. The highest BCUT2D eigenvalue weighted by Crippen LogP contribution is 2.38. The van der Waals surface area contributed by atoms with Crippen LogP contribution in [0.3, 0.4) is 0 Å². The molecule has 29 heavy (non-hydrogen) atoms. The van der Waals surface area contributed by atoms with Crippen LogP contribution in [-0.4, -0.2) is 19.0 Å². The maximum Gasteiger partial charge on any atom is 0.341 e. The van der Waals surface area contributed by atoms with Gasteiger partial charge in [0.25, 0.3) is 5.91 Å². The largest absolute Gasteiger partial charge is 0.465 e. The Kier molecular flexibility index (Phi) is 5.49. The van der Waals surface area contributed by atoms with Gasteiger partial charge < -0.3 is 10.1 Å². The van der Waals surface area contributed by atoms with Gasteiger partial charge in [-0.15, -0.1) is 11.3 Å². The highest BCUT2D eigenvalue weighted by molar-refractivity contribution is 7.15. The lowest BCUT2D eigenvalue weighted by Gasteiger charge is -2.16. The van der Waals surface area contributed by atoms with Gasteiger partial charge in [-0.05, 0) is 61.4 Å². The van der Waals surface area contributed by atoms with Gasteiger partial charge in [0.2, 0.25) is 0 Å². The summed E-state index contributed by atoms with van der Waals surface area (Å²) >= 11 is 1.35. The molecule has 148 valence electrons. The Bertz CT molecular complexity index is 1080. The number of rotatable bonds is 4. The van der Waals surface area contributed by atoms with Crippen molar-refractivity contribution in [3.63, 3.8) is 0 Å². The summed E-state index contributed by atoms with van der Waals surface area (Å²) in [6.07, 6.45) is 4.60.